The van der Waals surface area contributed by atoms with Gasteiger partial charge in [-0.25, -0.2) is 4.98 Å². The summed E-state index contributed by atoms with van der Waals surface area (Å²) in [6.45, 7) is 3.12. The molecule has 0 spiro atoms. The van der Waals surface area contributed by atoms with E-state index in [0.29, 0.717) is 0 Å². The zero-order valence-electron chi connectivity index (χ0n) is 11.0. The fourth-order valence-corrected chi connectivity index (χ4v) is 2.43. The normalized spacial score (nSPS) is 11.0. The quantitative estimate of drug-likeness (QED) is 0.721. The van der Waals surface area contributed by atoms with Crippen LogP contribution in [0.1, 0.15) is 13.3 Å². The van der Waals surface area contributed by atoms with Gasteiger partial charge in [-0.05, 0) is 30.7 Å². The van der Waals surface area contributed by atoms with Gasteiger partial charge >= 0.3 is 0 Å². The van der Waals surface area contributed by atoms with Crippen LogP contribution >= 0.6 is 0 Å². The first-order valence-corrected chi connectivity index (χ1v) is 6.61. The molecule has 3 aromatic rings. The lowest BCUT2D eigenvalue weighted by Gasteiger charge is -2.09. The number of hydrogen-bond donors (Lipinski definition) is 1. The smallest absolute Gasteiger partial charge is 0.143 e. The molecule has 0 fully saturated rings. The molecule has 0 saturated heterocycles. The highest BCUT2D eigenvalue weighted by molar-refractivity contribution is 5.83. The second kappa shape index (κ2) is 4.76. The van der Waals surface area contributed by atoms with Crippen molar-refractivity contribution in [1.29, 1.82) is 0 Å². The molecule has 0 amide bonds. The third kappa shape index (κ3) is 1.97. The highest BCUT2D eigenvalue weighted by Crippen LogP contribution is 2.28. The summed E-state index contributed by atoms with van der Waals surface area (Å²) in [6, 6.07) is 16.1. The van der Waals surface area contributed by atoms with Gasteiger partial charge in [0.2, 0.25) is 0 Å². The number of nitrogens with zero attached hydrogens (tertiary/aromatic N) is 2. The molecule has 96 valence electrons. The Morgan fingerprint density at radius 2 is 1.79 bits per heavy atom. The Hall–Kier alpha value is -2.29. The number of hydrogen-bond acceptors (Lipinski definition) is 2. The first-order valence-electron chi connectivity index (χ1n) is 6.61. The van der Waals surface area contributed by atoms with Gasteiger partial charge in [-0.2, -0.15) is 0 Å². The Kier molecular flexibility index (Phi) is 2.95. The lowest BCUT2D eigenvalue weighted by Crippen LogP contribution is -2.01. The molecule has 3 heteroatoms. The first-order chi connectivity index (χ1) is 9.31. The van der Waals surface area contributed by atoms with E-state index >= 15 is 0 Å². The van der Waals surface area contributed by atoms with Crippen LogP contribution in [0.25, 0.3) is 22.4 Å². The molecule has 19 heavy (non-hydrogen) atoms. The summed E-state index contributed by atoms with van der Waals surface area (Å²) < 4.78 is 2.25. The number of rotatable bonds is 3. The SMILES string of the molecule is CCCn1c(-c2ccccc2N)nc2ccccc21. The molecule has 1 aromatic heterocycles. The summed E-state index contributed by atoms with van der Waals surface area (Å²) in [6.07, 6.45) is 1.07. The van der Waals surface area contributed by atoms with Crippen LogP contribution in [0.3, 0.4) is 0 Å². The van der Waals surface area contributed by atoms with Crippen LogP contribution < -0.4 is 5.73 Å². The van der Waals surface area contributed by atoms with E-state index in [1.54, 1.807) is 0 Å². The minimum absolute atomic E-state index is 0.773. The molecule has 0 saturated carbocycles. The first kappa shape index (κ1) is 11.8. The predicted octanol–water partition coefficient (Wildman–Crippen LogP) is 3.70. The van der Waals surface area contributed by atoms with Crippen molar-refractivity contribution in [3.8, 4) is 11.4 Å². The average molecular weight is 251 g/mol. The van der Waals surface area contributed by atoms with Crippen LogP contribution in [-0.4, -0.2) is 9.55 Å². The van der Waals surface area contributed by atoms with E-state index in [1.807, 2.05) is 42.5 Å². The van der Waals surface area contributed by atoms with E-state index in [-0.39, 0.29) is 0 Å². The maximum atomic E-state index is 6.09. The fraction of sp³-hybridized carbons (Fsp3) is 0.188. The van der Waals surface area contributed by atoms with Crippen LogP contribution in [0.5, 0.6) is 0 Å². The van der Waals surface area contributed by atoms with E-state index in [4.69, 9.17) is 10.7 Å². The fourth-order valence-electron chi connectivity index (χ4n) is 2.43. The molecular weight excluding hydrogens is 234 g/mol. The lowest BCUT2D eigenvalue weighted by atomic mass is 10.1. The molecule has 0 aliphatic heterocycles. The van der Waals surface area contributed by atoms with Crippen LogP contribution in [0, 0.1) is 0 Å². The second-order valence-electron chi connectivity index (χ2n) is 4.66. The van der Waals surface area contributed by atoms with Gasteiger partial charge in [0, 0.05) is 17.8 Å². The van der Waals surface area contributed by atoms with Crippen molar-refractivity contribution in [3.63, 3.8) is 0 Å². The van der Waals surface area contributed by atoms with Crippen molar-refractivity contribution in [2.24, 2.45) is 0 Å². The van der Waals surface area contributed by atoms with Crippen LogP contribution in [0.15, 0.2) is 48.5 Å². The van der Waals surface area contributed by atoms with Gasteiger partial charge < -0.3 is 10.3 Å². The van der Waals surface area contributed by atoms with E-state index < -0.39 is 0 Å². The summed E-state index contributed by atoms with van der Waals surface area (Å²) in [5.74, 6) is 0.959. The summed E-state index contributed by atoms with van der Waals surface area (Å²) in [4.78, 5) is 4.75. The summed E-state index contributed by atoms with van der Waals surface area (Å²) in [5.41, 5.74) is 10.1. The van der Waals surface area contributed by atoms with Crippen molar-refractivity contribution in [1.82, 2.24) is 9.55 Å². The number of fused-ring (bicyclic) bond motifs is 1. The second-order valence-corrected chi connectivity index (χ2v) is 4.66. The molecular formula is C16H17N3. The van der Waals surface area contributed by atoms with Crippen molar-refractivity contribution < 1.29 is 0 Å². The predicted molar refractivity (Wildman–Crippen MR) is 79.9 cm³/mol. The Morgan fingerprint density at radius 1 is 1.05 bits per heavy atom. The molecule has 0 aliphatic rings. The number of aromatic nitrogens is 2. The largest absolute Gasteiger partial charge is 0.398 e. The standard InChI is InChI=1S/C16H17N3/c1-2-11-19-15-10-6-5-9-14(15)18-16(19)12-7-3-4-8-13(12)17/h3-10H,2,11,17H2,1H3. The highest BCUT2D eigenvalue weighted by atomic mass is 15.1. The van der Waals surface area contributed by atoms with Crippen molar-refractivity contribution in [2.45, 2.75) is 19.9 Å². The van der Waals surface area contributed by atoms with E-state index in [2.05, 4.69) is 17.6 Å². The number of nitrogens with two attached hydrogens (primary N) is 1. The van der Waals surface area contributed by atoms with Gasteiger partial charge in [0.15, 0.2) is 0 Å². The summed E-state index contributed by atoms with van der Waals surface area (Å²) in [7, 11) is 0. The molecule has 0 atom stereocenters. The van der Waals surface area contributed by atoms with Gasteiger partial charge in [-0.1, -0.05) is 31.2 Å². The number of nitrogen functional groups attached to an aromatic ring is 1. The van der Waals surface area contributed by atoms with Gasteiger partial charge in [-0.15, -0.1) is 0 Å². The van der Waals surface area contributed by atoms with Crippen LogP contribution in [-0.2, 0) is 6.54 Å². The Bertz CT molecular complexity index is 713. The van der Waals surface area contributed by atoms with Gasteiger partial charge in [0.25, 0.3) is 0 Å². The number of benzene rings is 2. The van der Waals surface area contributed by atoms with Crippen molar-refractivity contribution in [2.75, 3.05) is 5.73 Å². The van der Waals surface area contributed by atoms with Gasteiger partial charge in [0.05, 0.1) is 11.0 Å². The molecule has 0 unspecified atom stereocenters. The molecule has 1 heterocycles. The van der Waals surface area contributed by atoms with Gasteiger partial charge in [-0.3, -0.25) is 0 Å². The van der Waals surface area contributed by atoms with E-state index in [0.717, 1.165) is 35.6 Å². The zero-order valence-corrected chi connectivity index (χ0v) is 11.0. The van der Waals surface area contributed by atoms with Crippen molar-refractivity contribution >= 4 is 16.7 Å². The Balaban J connectivity index is 2.28. The average Bonchev–Trinajstić information content (AvgIpc) is 2.79. The maximum Gasteiger partial charge on any atom is 0.143 e. The Morgan fingerprint density at radius 3 is 2.58 bits per heavy atom. The maximum absolute atomic E-state index is 6.09. The molecule has 0 bridgehead atoms. The molecule has 3 nitrogen and oxygen atoms in total. The summed E-state index contributed by atoms with van der Waals surface area (Å²) >= 11 is 0. The topological polar surface area (TPSA) is 43.8 Å². The summed E-state index contributed by atoms with van der Waals surface area (Å²) in [5, 5.41) is 0. The monoisotopic (exact) mass is 251 g/mol. The van der Waals surface area contributed by atoms with Gasteiger partial charge in [0.1, 0.15) is 5.82 Å². The number of anilines is 1. The van der Waals surface area contributed by atoms with Crippen LogP contribution in [0.2, 0.25) is 0 Å². The molecule has 0 aliphatic carbocycles. The molecule has 2 aromatic carbocycles. The highest BCUT2D eigenvalue weighted by Gasteiger charge is 2.13. The third-order valence-corrected chi connectivity index (χ3v) is 3.30. The molecule has 2 N–H and O–H groups in total. The van der Waals surface area contributed by atoms with Crippen molar-refractivity contribution in [3.05, 3.63) is 48.5 Å². The minimum Gasteiger partial charge on any atom is -0.398 e. The molecule has 0 radical (unpaired) electrons. The van der Waals surface area contributed by atoms with E-state index in [1.165, 1.54) is 5.52 Å². The number of imidazole rings is 1. The molecule has 3 rings (SSSR count). The van der Waals surface area contributed by atoms with E-state index in [9.17, 15) is 0 Å². The van der Waals surface area contributed by atoms with Crippen LogP contribution in [0.4, 0.5) is 5.69 Å². The third-order valence-electron chi connectivity index (χ3n) is 3.30. The zero-order chi connectivity index (χ0) is 13.2. The number of aryl methyl sites for hydroxylation is 1. The minimum atomic E-state index is 0.773. The Labute approximate surface area is 112 Å². The number of para-hydroxylation sites is 3. The lowest BCUT2D eigenvalue weighted by molar-refractivity contribution is 0.704.